The number of carbonyl (C=O) groups excluding carboxylic acids is 1. The van der Waals surface area contributed by atoms with Crippen molar-refractivity contribution < 1.29 is 23.5 Å². The van der Waals surface area contributed by atoms with Crippen molar-refractivity contribution in [1.29, 1.82) is 0 Å². The second-order valence-corrected chi connectivity index (χ2v) is 20.1. The number of amides is 2. The summed E-state index contributed by atoms with van der Waals surface area (Å²) in [7, 11) is -0.117. The summed E-state index contributed by atoms with van der Waals surface area (Å²) in [5.41, 5.74) is -1.19. The molecule has 0 aromatic heterocycles. The Balaban J connectivity index is 1.63. The summed E-state index contributed by atoms with van der Waals surface area (Å²) in [5.74, 6) is -0.279. The molecular weight excluding hydrogens is 595 g/mol. The maximum atomic E-state index is 15.3. The van der Waals surface area contributed by atoms with Gasteiger partial charge in [-0.05, 0) is 101 Å². The first-order valence-corrected chi connectivity index (χ1v) is 20.4. The molecule has 9 heteroatoms. The van der Waals surface area contributed by atoms with Gasteiger partial charge in [0.25, 0.3) is 0 Å². The molecule has 3 rings (SSSR count). The van der Waals surface area contributed by atoms with Crippen LogP contribution >= 0.6 is 11.6 Å². The molecule has 2 aliphatic rings. The summed E-state index contributed by atoms with van der Waals surface area (Å²) in [5, 5.41) is 15.7. The molecule has 1 aromatic carbocycles. The number of piperidine rings is 1. The van der Waals surface area contributed by atoms with Crippen LogP contribution in [0.3, 0.4) is 0 Å². The number of likely N-dealkylation sites (tertiary alicyclic amines) is 1. The zero-order valence-corrected chi connectivity index (χ0v) is 30.3. The van der Waals surface area contributed by atoms with Crippen LogP contribution in [0.5, 0.6) is 0 Å². The Labute approximate surface area is 272 Å². The summed E-state index contributed by atoms with van der Waals surface area (Å²) in [6.45, 7) is 15.3. The number of ether oxygens (including phenoxy) is 1. The van der Waals surface area contributed by atoms with Crippen molar-refractivity contribution in [3.05, 3.63) is 34.6 Å². The predicted molar refractivity (Wildman–Crippen MR) is 181 cm³/mol. The summed E-state index contributed by atoms with van der Waals surface area (Å²) in [6.07, 6.45) is 11.1. The zero-order chi connectivity index (χ0) is 32.5. The van der Waals surface area contributed by atoms with E-state index >= 15 is 4.39 Å². The van der Waals surface area contributed by atoms with Gasteiger partial charge >= 0.3 is 6.03 Å². The fourth-order valence-electron chi connectivity index (χ4n) is 6.93. The maximum Gasteiger partial charge on any atom is 0.317 e. The minimum Gasteiger partial charge on any atom is -0.414 e. The first-order valence-electron chi connectivity index (χ1n) is 17.1. The highest BCUT2D eigenvalue weighted by atomic mass is 35.5. The van der Waals surface area contributed by atoms with Crippen molar-refractivity contribution in [2.45, 2.75) is 141 Å². The second-order valence-electron chi connectivity index (χ2n) is 15.0. The Hall–Kier alpha value is -1.19. The van der Waals surface area contributed by atoms with E-state index in [0.29, 0.717) is 44.6 Å². The lowest BCUT2D eigenvalue weighted by atomic mass is 9.74. The van der Waals surface area contributed by atoms with E-state index in [1.165, 1.54) is 6.07 Å². The fourth-order valence-corrected chi connectivity index (χ4v) is 8.53. The highest BCUT2D eigenvalue weighted by Gasteiger charge is 2.43. The molecule has 44 heavy (non-hydrogen) atoms. The van der Waals surface area contributed by atoms with Gasteiger partial charge in [-0.15, -0.1) is 0 Å². The lowest BCUT2D eigenvalue weighted by Gasteiger charge is -2.43. The van der Waals surface area contributed by atoms with Gasteiger partial charge < -0.3 is 24.5 Å². The van der Waals surface area contributed by atoms with Crippen LogP contribution in [0.4, 0.5) is 9.18 Å². The van der Waals surface area contributed by atoms with Crippen molar-refractivity contribution in [3.8, 4) is 0 Å². The van der Waals surface area contributed by atoms with Gasteiger partial charge in [-0.25, -0.2) is 9.18 Å². The van der Waals surface area contributed by atoms with Crippen molar-refractivity contribution in [1.82, 2.24) is 10.2 Å². The van der Waals surface area contributed by atoms with Gasteiger partial charge in [-0.2, -0.15) is 0 Å². The normalized spacial score (nSPS) is 23.7. The largest absolute Gasteiger partial charge is 0.414 e. The quantitative estimate of drug-likeness (QED) is 0.155. The Morgan fingerprint density at radius 3 is 2.52 bits per heavy atom. The van der Waals surface area contributed by atoms with Gasteiger partial charge in [-0.3, -0.25) is 0 Å². The lowest BCUT2D eigenvalue weighted by molar-refractivity contribution is -0.0588. The van der Waals surface area contributed by atoms with E-state index in [9.17, 15) is 9.90 Å². The third kappa shape index (κ3) is 9.90. The Bertz CT molecular complexity index is 1050. The number of methoxy groups -OCH3 is 1. The summed E-state index contributed by atoms with van der Waals surface area (Å²) < 4.78 is 27.2. The highest BCUT2D eigenvalue weighted by Crippen LogP contribution is 2.43. The fraction of sp³-hybridized carbons (Fsp3) is 0.800. The van der Waals surface area contributed by atoms with Gasteiger partial charge in [0.2, 0.25) is 0 Å². The second kappa shape index (κ2) is 16.6. The smallest absolute Gasteiger partial charge is 0.317 e. The molecule has 1 saturated heterocycles. The van der Waals surface area contributed by atoms with E-state index in [4.69, 9.17) is 20.8 Å². The summed E-state index contributed by atoms with van der Waals surface area (Å²) in [4.78, 5) is 15.5. The van der Waals surface area contributed by atoms with Gasteiger partial charge in [0.1, 0.15) is 5.82 Å². The molecule has 6 nitrogen and oxygen atoms in total. The number of nitrogens with one attached hydrogen (secondary N) is 1. The minimum atomic E-state index is -1.77. The van der Waals surface area contributed by atoms with E-state index in [-0.39, 0.29) is 33.6 Å². The van der Waals surface area contributed by atoms with Gasteiger partial charge in [0.15, 0.2) is 8.32 Å². The average Bonchev–Trinajstić information content (AvgIpc) is 2.97. The van der Waals surface area contributed by atoms with Crippen LogP contribution in [0.15, 0.2) is 18.2 Å². The van der Waals surface area contributed by atoms with Crippen LogP contribution in [0, 0.1) is 17.7 Å². The molecule has 0 spiro atoms. The monoisotopic (exact) mass is 654 g/mol. The highest BCUT2D eigenvalue weighted by molar-refractivity contribution is 6.74. The predicted octanol–water partition coefficient (Wildman–Crippen LogP) is 9.04. The Kier molecular flexibility index (Phi) is 14.0. The summed E-state index contributed by atoms with van der Waals surface area (Å²) >= 11 is 6.16. The molecule has 2 N–H and O–H groups in total. The first-order chi connectivity index (χ1) is 20.7. The number of nitrogens with zero attached hydrogens (tertiary/aromatic N) is 1. The van der Waals surface area contributed by atoms with Crippen molar-refractivity contribution >= 4 is 25.9 Å². The number of halogens is 2. The Morgan fingerprint density at radius 1 is 1.18 bits per heavy atom. The van der Waals surface area contributed by atoms with Crippen LogP contribution in [-0.2, 0) is 14.8 Å². The van der Waals surface area contributed by atoms with Gasteiger partial charge in [0, 0.05) is 50.4 Å². The van der Waals surface area contributed by atoms with Crippen LogP contribution in [0.25, 0.3) is 0 Å². The number of carbonyl (C=O) groups is 1. The molecule has 2 fully saturated rings. The number of urea groups is 1. The van der Waals surface area contributed by atoms with Gasteiger partial charge in [-0.1, -0.05) is 57.8 Å². The van der Waals surface area contributed by atoms with E-state index in [1.807, 2.05) is 4.90 Å². The van der Waals surface area contributed by atoms with Gasteiger partial charge in [0.05, 0.1) is 10.6 Å². The average molecular weight is 655 g/mol. The van der Waals surface area contributed by atoms with Crippen LogP contribution in [-0.4, -0.2) is 63.3 Å². The molecule has 252 valence electrons. The van der Waals surface area contributed by atoms with Crippen molar-refractivity contribution in [2.24, 2.45) is 11.8 Å². The van der Waals surface area contributed by atoms with Crippen LogP contribution < -0.4 is 5.32 Å². The number of unbranched alkanes of at least 4 members (excludes halogenated alkanes) is 1. The molecule has 0 unspecified atom stereocenters. The van der Waals surface area contributed by atoms with Crippen LogP contribution in [0.1, 0.15) is 110 Å². The molecule has 1 aliphatic heterocycles. The van der Waals surface area contributed by atoms with E-state index in [0.717, 1.165) is 64.2 Å². The molecular formula is C35H60ClFN2O4Si. The summed E-state index contributed by atoms with van der Waals surface area (Å²) in [6, 6.07) is 4.88. The molecule has 2 amide bonds. The third-order valence-electron chi connectivity index (χ3n) is 10.6. The molecule has 0 bridgehead atoms. The molecule has 3 atom stereocenters. The number of benzene rings is 1. The topological polar surface area (TPSA) is 71.0 Å². The van der Waals surface area contributed by atoms with Crippen molar-refractivity contribution in [3.63, 3.8) is 0 Å². The van der Waals surface area contributed by atoms with E-state index in [2.05, 4.69) is 46.1 Å². The standard InChI is InChI=1S/C35H60ClFN2O4Si/c1-8-13-28(24-26-17-19-29(20-18-26)43-44(6,7)34(2,3)4)38-33(40)39-22-12-14-27(25-39)35(41,21-9-10-23-42-5)30-15-11-16-31(36)32(30)37/h11,15-16,26-29,41H,8-10,12-14,17-25H2,1-7H3,(H,38,40)/t26?,27-,28-,29?,35+/m1/s1. The third-order valence-corrected chi connectivity index (χ3v) is 15.4. The van der Waals surface area contributed by atoms with Crippen molar-refractivity contribution in [2.75, 3.05) is 26.8 Å². The SMILES string of the molecule is CCC[C@H](CC1CCC(O[Si](C)(C)C(C)(C)C)CC1)NC(=O)N1CCC[C@@H]([C@@](O)(CCCCOC)c2cccc(Cl)c2F)C1. The van der Waals surface area contributed by atoms with E-state index in [1.54, 1.807) is 19.2 Å². The molecule has 0 radical (unpaired) electrons. The Morgan fingerprint density at radius 2 is 1.89 bits per heavy atom. The molecule has 1 aromatic rings. The van der Waals surface area contributed by atoms with E-state index < -0.39 is 19.7 Å². The number of rotatable bonds is 14. The molecule has 1 saturated carbocycles. The molecule has 1 heterocycles. The maximum absolute atomic E-state index is 15.3. The zero-order valence-electron chi connectivity index (χ0n) is 28.5. The number of hydrogen-bond donors (Lipinski definition) is 2. The number of aliphatic hydroxyl groups is 1. The van der Waals surface area contributed by atoms with Crippen LogP contribution in [0.2, 0.25) is 23.2 Å². The number of hydrogen-bond acceptors (Lipinski definition) is 4. The molecule has 1 aliphatic carbocycles. The first kappa shape index (κ1) is 37.3. The lowest BCUT2D eigenvalue weighted by Crippen LogP contribution is -2.53. The minimum absolute atomic E-state index is 0.00576.